The third-order valence-corrected chi connectivity index (χ3v) is 4.07. The van der Waals surface area contributed by atoms with Crippen molar-refractivity contribution in [2.24, 2.45) is 5.92 Å². The maximum atomic E-state index is 3.45. The van der Waals surface area contributed by atoms with E-state index in [4.69, 9.17) is 0 Å². The fourth-order valence-electron chi connectivity index (χ4n) is 2.99. The van der Waals surface area contributed by atoms with Crippen molar-refractivity contribution in [2.75, 3.05) is 13.1 Å². The van der Waals surface area contributed by atoms with Gasteiger partial charge in [-0.05, 0) is 55.0 Å². The highest BCUT2D eigenvalue weighted by molar-refractivity contribution is 5.67. The second-order valence-corrected chi connectivity index (χ2v) is 5.42. The summed E-state index contributed by atoms with van der Waals surface area (Å²) in [5.74, 6) is 0.839. The Morgan fingerprint density at radius 2 is 1.53 bits per heavy atom. The van der Waals surface area contributed by atoms with E-state index in [1.54, 1.807) is 0 Å². The van der Waals surface area contributed by atoms with Gasteiger partial charge in [0.05, 0.1) is 0 Å². The van der Waals surface area contributed by atoms with E-state index >= 15 is 0 Å². The summed E-state index contributed by atoms with van der Waals surface area (Å²) in [5, 5.41) is 3.45. The Bertz CT molecular complexity index is 512. The molecule has 0 saturated carbocycles. The van der Waals surface area contributed by atoms with Gasteiger partial charge in [-0.15, -0.1) is 0 Å². The second kappa shape index (κ2) is 6.03. The van der Waals surface area contributed by atoms with Crippen molar-refractivity contribution < 1.29 is 0 Å². The molecule has 0 unspecified atom stereocenters. The van der Waals surface area contributed by atoms with E-state index < -0.39 is 0 Å². The molecule has 0 aliphatic carbocycles. The fraction of sp³-hybridized carbons (Fsp3) is 0.333. The van der Waals surface area contributed by atoms with Crippen LogP contribution in [-0.2, 0) is 6.42 Å². The number of benzene rings is 2. The van der Waals surface area contributed by atoms with Crippen LogP contribution in [0.5, 0.6) is 0 Å². The lowest BCUT2D eigenvalue weighted by Gasteiger charge is -2.23. The number of piperidine rings is 1. The zero-order chi connectivity index (χ0) is 12.9. The van der Waals surface area contributed by atoms with Gasteiger partial charge in [-0.25, -0.2) is 0 Å². The number of hydrogen-bond acceptors (Lipinski definition) is 1. The first-order valence-electron chi connectivity index (χ1n) is 7.27. The highest BCUT2D eigenvalue weighted by atomic mass is 14.9. The molecule has 1 saturated heterocycles. The Morgan fingerprint density at radius 3 is 2.32 bits per heavy atom. The lowest BCUT2D eigenvalue weighted by Crippen LogP contribution is -2.28. The Labute approximate surface area is 115 Å². The summed E-state index contributed by atoms with van der Waals surface area (Å²) >= 11 is 0. The molecule has 0 radical (unpaired) electrons. The van der Waals surface area contributed by atoms with Crippen LogP contribution in [0.15, 0.2) is 54.6 Å². The van der Waals surface area contributed by atoms with Gasteiger partial charge >= 0.3 is 0 Å². The monoisotopic (exact) mass is 251 g/mol. The summed E-state index contributed by atoms with van der Waals surface area (Å²) in [5.41, 5.74) is 4.24. The minimum atomic E-state index is 0.839. The lowest BCUT2D eigenvalue weighted by atomic mass is 9.87. The normalized spacial score (nSPS) is 16.4. The van der Waals surface area contributed by atoms with Gasteiger partial charge in [0.25, 0.3) is 0 Å². The van der Waals surface area contributed by atoms with E-state index in [0.717, 1.165) is 5.92 Å². The van der Waals surface area contributed by atoms with Gasteiger partial charge in [-0.3, -0.25) is 0 Å². The summed E-state index contributed by atoms with van der Waals surface area (Å²) in [7, 11) is 0. The third-order valence-electron chi connectivity index (χ3n) is 4.07. The lowest BCUT2D eigenvalue weighted by molar-refractivity contribution is 0.373. The van der Waals surface area contributed by atoms with Crippen LogP contribution in [-0.4, -0.2) is 13.1 Å². The average molecular weight is 251 g/mol. The number of rotatable bonds is 3. The van der Waals surface area contributed by atoms with Crippen LogP contribution in [0, 0.1) is 5.92 Å². The molecule has 1 nitrogen and oxygen atoms in total. The molecular formula is C18H21N. The fourth-order valence-corrected chi connectivity index (χ4v) is 2.99. The van der Waals surface area contributed by atoms with Crippen LogP contribution >= 0.6 is 0 Å². The van der Waals surface area contributed by atoms with E-state index in [1.165, 1.54) is 49.0 Å². The highest BCUT2D eigenvalue weighted by Crippen LogP contribution is 2.27. The van der Waals surface area contributed by atoms with E-state index in [9.17, 15) is 0 Å². The molecule has 1 aliphatic heterocycles. The first-order valence-corrected chi connectivity index (χ1v) is 7.27. The van der Waals surface area contributed by atoms with Crippen LogP contribution in [0.2, 0.25) is 0 Å². The standard InChI is InChI=1S/C18H21N/c1-2-6-16(7-3-1)18-9-5-4-8-17(18)14-15-10-12-19-13-11-15/h1-9,15,19H,10-14H2. The maximum absolute atomic E-state index is 3.45. The predicted octanol–water partition coefficient (Wildman–Crippen LogP) is 3.90. The summed E-state index contributed by atoms with van der Waals surface area (Å²) in [6, 6.07) is 19.6. The zero-order valence-corrected chi connectivity index (χ0v) is 11.3. The molecule has 98 valence electrons. The maximum Gasteiger partial charge on any atom is -0.00462 e. The minimum Gasteiger partial charge on any atom is -0.317 e. The van der Waals surface area contributed by atoms with Crippen LogP contribution in [0.25, 0.3) is 11.1 Å². The molecule has 1 heteroatoms. The Balaban J connectivity index is 1.85. The van der Waals surface area contributed by atoms with Gasteiger partial charge in [-0.1, -0.05) is 54.6 Å². The molecule has 2 aromatic rings. The van der Waals surface area contributed by atoms with Crippen molar-refractivity contribution in [1.29, 1.82) is 0 Å². The SMILES string of the molecule is c1ccc(-c2ccccc2CC2CCNCC2)cc1. The topological polar surface area (TPSA) is 12.0 Å². The highest BCUT2D eigenvalue weighted by Gasteiger charge is 2.15. The molecule has 0 aromatic heterocycles. The Kier molecular flexibility index (Phi) is 3.95. The summed E-state index contributed by atoms with van der Waals surface area (Å²) in [4.78, 5) is 0. The first-order chi connectivity index (χ1) is 9.43. The molecule has 1 N–H and O–H groups in total. The summed E-state index contributed by atoms with van der Waals surface area (Å²) in [6.45, 7) is 2.36. The molecular weight excluding hydrogens is 230 g/mol. The van der Waals surface area contributed by atoms with Crippen molar-refractivity contribution in [3.05, 3.63) is 60.2 Å². The Hall–Kier alpha value is -1.60. The molecule has 19 heavy (non-hydrogen) atoms. The first kappa shape index (κ1) is 12.4. The molecule has 1 fully saturated rings. The minimum absolute atomic E-state index is 0.839. The van der Waals surface area contributed by atoms with E-state index in [1.807, 2.05) is 0 Å². The summed E-state index contributed by atoms with van der Waals surface area (Å²) in [6.07, 6.45) is 3.83. The third kappa shape index (κ3) is 3.05. The molecule has 2 aromatic carbocycles. The van der Waals surface area contributed by atoms with Gasteiger partial charge in [0.1, 0.15) is 0 Å². The van der Waals surface area contributed by atoms with Crippen LogP contribution < -0.4 is 5.32 Å². The van der Waals surface area contributed by atoms with Crippen LogP contribution in [0.4, 0.5) is 0 Å². The van der Waals surface area contributed by atoms with Crippen molar-refractivity contribution in [3.63, 3.8) is 0 Å². The molecule has 1 heterocycles. The number of nitrogens with one attached hydrogen (secondary N) is 1. The van der Waals surface area contributed by atoms with E-state index in [2.05, 4.69) is 59.9 Å². The second-order valence-electron chi connectivity index (χ2n) is 5.42. The molecule has 0 spiro atoms. The smallest absolute Gasteiger partial charge is 0.00462 e. The summed E-state index contributed by atoms with van der Waals surface area (Å²) < 4.78 is 0. The number of hydrogen-bond donors (Lipinski definition) is 1. The molecule has 0 amide bonds. The van der Waals surface area contributed by atoms with Gasteiger partial charge in [0, 0.05) is 0 Å². The van der Waals surface area contributed by atoms with Gasteiger partial charge in [-0.2, -0.15) is 0 Å². The molecule has 0 atom stereocenters. The van der Waals surface area contributed by atoms with Gasteiger partial charge < -0.3 is 5.32 Å². The van der Waals surface area contributed by atoms with Crippen LogP contribution in [0.3, 0.4) is 0 Å². The zero-order valence-electron chi connectivity index (χ0n) is 11.3. The largest absolute Gasteiger partial charge is 0.317 e. The van der Waals surface area contributed by atoms with Gasteiger partial charge in [0.2, 0.25) is 0 Å². The molecule has 0 bridgehead atoms. The average Bonchev–Trinajstić information content (AvgIpc) is 2.50. The molecule has 3 rings (SSSR count). The van der Waals surface area contributed by atoms with Gasteiger partial charge in [0.15, 0.2) is 0 Å². The van der Waals surface area contributed by atoms with E-state index in [-0.39, 0.29) is 0 Å². The quantitative estimate of drug-likeness (QED) is 0.872. The van der Waals surface area contributed by atoms with Crippen molar-refractivity contribution in [2.45, 2.75) is 19.3 Å². The predicted molar refractivity (Wildman–Crippen MR) is 81.2 cm³/mol. The van der Waals surface area contributed by atoms with E-state index in [0.29, 0.717) is 0 Å². The molecule has 1 aliphatic rings. The Morgan fingerprint density at radius 1 is 0.842 bits per heavy atom. The van der Waals surface area contributed by atoms with Crippen molar-refractivity contribution in [1.82, 2.24) is 5.32 Å². The van der Waals surface area contributed by atoms with Crippen LogP contribution in [0.1, 0.15) is 18.4 Å². The van der Waals surface area contributed by atoms with Crippen molar-refractivity contribution >= 4 is 0 Å². The van der Waals surface area contributed by atoms with Crippen molar-refractivity contribution in [3.8, 4) is 11.1 Å².